The van der Waals surface area contributed by atoms with Gasteiger partial charge in [0.1, 0.15) is 0 Å². The zero-order valence-corrected chi connectivity index (χ0v) is 11.7. The fourth-order valence-electron chi connectivity index (χ4n) is 2.32. The standard InChI is InChI=1S/C14H19ClN2O/c1-16-6-7-17(2)13(10-16)9-14(18)11-4-3-5-12(15)8-11/h3-5,8,13H,6-7,9-10H2,1-2H3. The van der Waals surface area contributed by atoms with Crippen molar-refractivity contribution in [2.75, 3.05) is 33.7 Å². The first-order valence-corrected chi connectivity index (χ1v) is 6.61. The predicted molar refractivity (Wildman–Crippen MR) is 74.3 cm³/mol. The second-order valence-electron chi connectivity index (χ2n) is 5.03. The fourth-order valence-corrected chi connectivity index (χ4v) is 2.51. The average molecular weight is 267 g/mol. The van der Waals surface area contributed by atoms with Crippen molar-refractivity contribution in [1.82, 2.24) is 9.80 Å². The number of halogens is 1. The molecule has 1 atom stereocenters. The molecule has 98 valence electrons. The highest BCUT2D eigenvalue weighted by Gasteiger charge is 2.24. The largest absolute Gasteiger partial charge is 0.304 e. The third-order valence-electron chi connectivity index (χ3n) is 3.55. The molecule has 1 aromatic rings. The van der Waals surface area contributed by atoms with Crippen LogP contribution in [0.1, 0.15) is 16.8 Å². The molecule has 1 saturated heterocycles. The zero-order chi connectivity index (χ0) is 13.1. The van der Waals surface area contributed by atoms with E-state index in [9.17, 15) is 4.79 Å². The lowest BCUT2D eigenvalue weighted by molar-refractivity contribution is 0.0810. The lowest BCUT2D eigenvalue weighted by atomic mass is 10.0. The van der Waals surface area contributed by atoms with E-state index in [4.69, 9.17) is 11.6 Å². The zero-order valence-electron chi connectivity index (χ0n) is 10.9. The number of likely N-dealkylation sites (N-methyl/N-ethyl adjacent to an activating group) is 2. The Balaban J connectivity index is 2.02. The van der Waals surface area contributed by atoms with E-state index >= 15 is 0 Å². The van der Waals surface area contributed by atoms with Gasteiger partial charge in [0.25, 0.3) is 0 Å². The monoisotopic (exact) mass is 266 g/mol. The smallest absolute Gasteiger partial charge is 0.164 e. The van der Waals surface area contributed by atoms with Gasteiger partial charge >= 0.3 is 0 Å². The highest BCUT2D eigenvalue weighted by Crippen LogP contribution is 2.16. The van der Waals surface area contributed by atoms with Crippen LogP contribution >= 0.6 is 11.6 Å². The number of rotatable bonds is 3. The van der Waals surface area contributed by atoms with Crippen molar-refractivity contribution in [2.45, 2.75) is 12.5 Å². The van der Waals surface area contributed by atoms with Gasteiger partial charge in [-0.05, 0) is 26.2 Å². The number of Topliss-reactive ketones (excluding diaryl/α,β-unsaturated/α-hetero) is 1. The quantitative estimate of drug-likeness (QED) is 0.784. The molecular formula is C14H19ClN2O. The molecule has 1 aromatic carbocycles. The van der Waals surface area contributed by atoms with Crippen molar-refractivity contribution in [2.24, 2.45) is 0 Å². The molecular weight excluding hydrogens is 248 g/mol. The molecule has 1 aliphatic rings. The van der Waals surface area contributed by atoms with Crippen LogP contribution < -0.4 is 0 Å². The molecule has 0 spiro atoms. The van der Waals surface area contributed by atoms with Gasteiger partial charge < -0.3 is 9.80 Å². The van der Waals surface area contributed by atoms with Crippen molar-refractivity contribution in [1.29, 1.82) is 0 Å². The molecule has 1 unspecified atom stereocenters. The van der Waals surface area contributed by atoms with Crippen LogP contribution in [0.5, 0.6) is 0 Å². The Morgan fingerprint density at radius 2 is 2.17 bits per heavy atom. The molecule has 2 rings (SSSR count). The van der Waals surface area contributed by atoms with E-state index in [1.165, 1.54) is 0 Å². The third-order valence-corrected chi connectivity index (χ3v) is 3.78. The summed E-state index contributed by atoms with van der Waals surface area (Å²) in [5.74, 6) is 0.171. The Morgan fingerprint density at radius 3 is 2.89 bits per heavy atom. The van der Waals surface area contributed by atoms with Crippen LogP contribution in [0.25, 0.3) is 0 Å². The van der Waals surface area contributed by atoms with E-state index in [1.807, 2.05) is 12.1 Å². The maximum Gasteiger partial charge on any atom is 0.164 e. The molecule has 1 heterocycles. The molecule has 1 aliphatic heterocycles. The molecule has 4 heteroatoms. The summed E-state index contributed by atoms with van der Waals surface area (Å²) in [6.07, 6.45) is 0.557. The molecule has 0 aromatic heterocycles. The van der Waals surface area contributed by atoms with E-state index in [1.54, 1.807) is 12.1 Å². The molecule has 1 fully saturated rings. The molecule has 18 heavy (non-hydrogen) atoms. The number of benzene rings is 1. The summed E-state index contributed by atoms with van der Waals surface area (Å²) in [6.45, 7) is 3.03. The predicted octanol–water partition coefficient (Wildman–Crippen LogP) is 2.16. The summed E-state index contributed by atoms with van der Waals surface area (Å²) < 4.78 is 0. The van der Waals surface area contributed by atoms with E-state index in [-0.39, 0.29) is 5.78 Å². The van der Waals surface area contributed by atoms with Crippen LogP contribution in [-0.4, -0.2) is 55.4 Å². The Kier molecular flexibility index (Phi) is 4.38. The lowest BCUT2D eigenvalue weighted by Gasteiger charge is -2.37. The van der Waals surface area contributed by atoms with Gasteiger partial charge in [-0.15, -0.1) is 0 Å². The van der Waals surface area contributed by atoms with E-state index in [0.29, 0.717) is 23.0 Å². The lowest BCUT2D eigenvalue weighted by Crippen LogP contribution is -2.50. The Bertz CT molecular complexity index is 436. The van der Waals surface area contributed by atoms with E-state index in [2.05, 4.69) is 23.9 Å². The van der Waals surface area contributed by atoms with Crippen LogP contribution in [0.4, 0.5) is 0 Å². The summed E-state index contributed by atoms with van der Waals surface area (Å²) in [4.78, 5) is 16.8. The van der Waals surface area contributed by atoms with Crippen LogP contribution in [0, 0.1) is 0 Å². The summed E-state index contributed by atoms with van der Waals surface area (Å²) in [6, 6.07) is 7.50. The number of piperazine rings is 1. The summed E-state index contributed by atoms with van der Waals surface area (Å²) in [7, 11) is 4.19. The van der Waals surface area contributed by atoms with Crippen molar-refractivity contribution < 1.29 is 4.79 Å². The van der Waals surface area contributed by atoms with E-state index < -0.39 is 0 Å². The molecule has 0 amide bonds. The van der Waals surface area contributed by atoms with Gasteiger partial charge in [0.15, 0.2) is 5.78 Å². The highest BCUT2D eigenvalue weighted by molar-refractivity contribution is 6.31. The van der Waals surface area contributed by atoms with Crippen LogP contribution in [0.3, 0.4) is 0 Å². The summed E-state index contributed by atoms with van der Waals surface area (Å²) in [5.41, 5.74) is 0.712. The molecule has 0 N–H and O–H groups in total. The van der Waals surface area contributed by atoms with Gasteiger partial charge in [-0.2, -0.15) is 0 Å². The van der Waals surface area contributed by atoms with Crippen LogP contribution in [0.15, 0.2) is 24.3 Å². The van der Waals surface area contributed by atoms with E-state index in [0.717, 1.165) is 19.6 Å². The molecule has 0 saturated carbocycles. The minimum absolute atomic E-state index is 0.171. The maximum atomic E-state index is 12.2. The first kappa shape index (κ1) is 13.5. The van der Waals surface area contributed by atoms with Gasteiger partial charge in [0.2, 0.25) is 0 Å². The number of carbonyl (C=O) groups excluding carboxylic acids is 1. The SMILES string of the molecule is CN1CCN(C)C(CC(=O)c2cccc(Cl)c2)C1. The van der Waals surface area contributed by atoms with Crippen molar-refractivity contribution >= 4 is 17.4 Å². The minimum Gasteiger partial charge on any atom is -0.304 e. The van der Waals surface area contributed by atoms with Crippen molar-refractivity contribution in [3.8, 4) is 0 Å². The highest BCUT2D eigenvalue weighted by atomic mass is 35.5. The number of hydrogen-bond acceptors (Lipinski definition) is 3. The molecule has 0 radical (unpaired) electrons. The molecule has 3 nitrogen and oxygen atoms in total. The van der Waals surface area contributed by atoms with Gasteiger partial charge in [-0.25, -0.2) is 0 Å². The molecule has 0 bridgehead atoms. The number of hydrogen-bond donors (Lipinski definition) is 0. The average Bonchev–Trinajstić information content (AvgIpc) is 2.34. The van der Waals surface area contributed by atoms with Gasteiger partial charge in [0, 0.05) is 42.7 Å². The second kappa shape index (κ2) is 5.83. The van der Waals surface area contributed by atoms with Gasteiger partial charge in [-0.3, -0.25) is 4.79 Å². The Labute approximate surface area is 113 Å². The normalized spacial score (nSPS) is 22.1. The van der Waals surface area contributed by atoms with Gasteiger partial charge in [0.05, 0.1) is 0 Å². The fraction of sp³-hybridized carbons (Fsp3) is 0.500. The number of carbonyl (C=O) groups is 1. The second-order valence-corrected chi connectivity index (χ2v) is 5.47. The third kappa shape index (κ3) is 3.31. The molecule has 0 aliphatic carbocycles. The first-order chi connectivity index (χ1) is 8.56. The Hall–Kier alpha value is -0.900. The van der Waals surface area contributed by atoms with Gasteiger partial charge in [-0.1, -0.05) is 23.7 Å². The van der Waals surface area contributed by atoms with Crippen molar-refractivity contribution in [3.05, 3.63) is 34.9 Å². The number of nitrogens with zero attached hydrogens (tertiary/aromatic N) is 2. The van der Waals surface area contributed by atoms with Crippen LogP contribution in [0.2, 0.25) is 5.02 Å². The minimum atomic E-state index is 0.171. The summed E-state index contributed by atoms with van der Waals surface area (Å²) in [5, 5.41) is 0.620. The topological polar surface area (TPSA) is 23.6 Å². The Morgan fingerprint density at radius 1 is 1.39 bits per heavy atom. The first-order valence-electron chi connectivity index (χ1n) is 6.24. The van der Waals surface area contributed by atoms with Crippen molar-refractivity contribution in [3.63, 3.8) is 0 Å². The van der Waals surface area contributed by atoms with Crippen LogP contribution in [-0.2, 0) is 0 Å². The summed E-state index contributed by atoms with van der Waals surface area (Å²) >= 11 is 5.91. The number of ketones is 1. The maximum absolute atomic E-state index is 12.2.